The molecule has 3 rings (SSSR count). The topological polar surface area (TPSA) is 105 Å². The van der Waals surface area contributed by atoms with E-state index in [1.54, 1.807) is 13.1 Å². The molecule has 1 aliphatic rings. The number of aliphatic hydroxyl groups excluding tert-OH is 1. The smallest absolute Gasteiger partial charge is 0.234 e. The number of anilines is 2. The number of aromatic nitrogens is 4. The van der Waals surface area contributed by atoms with E-state index in [9.17, 15) is 5.11 Å². The zero-order valence-corrected chi connectivity index (χ0v) is 11.6. The summed E-state index contributed by atoms with van der Waals surface area (Å²) in [5.74, 6) is 1.93. The van der Waals surface area contributed by atoms with E-state index in [0.717, 1.165) is 18.9 Å². The van der Waals surface area contributed by atoms with Gasteiger partial charge in [-0.15, -0.1) is 0 Å². The number of hydrogen-bond donors (Lipinski definition) is 3. The second-order valence-corrected chi connectivity index (χ2v) is 4.97. The molecule has 8 heteroatoms. The molecule has 0 radical (unpaired) electrons. The van der Waals surface area contributed by atoms with E-state index in [0.29, 0.717) is 23.4 Å². The van der Waals surface area contributed by atoms with Crippen molar-refractivity contribution in [2.75, 3.05) is 25.1 Å². The molecule has 2 aromatic heterocycles. The lowest BCUT2D eigenvalue weighted by Gasteiger charge is -2.24. The first-order valence-electron chi connectivity index (χ1n) is 6.73. The highest BCUT2D eigenvalue weighted by atomic mass is 16.5. The van der Waals surface area contributed by atoms with Crippen molar-refractivity contribution in [1.82, 2.24) is 20.2 Å². The number of hydrogen-bond acceptors (Lipinski definition) is 7. The summed E-state index contributed by atoms with van der Waals surface area (Å²) in [5.41, 5.74) is 1.04. The molecule has 1 atom stereocenters. The fourth-order valence-electron chi connectivity index (χ4n) is 1.84. The van der Waals surface area contributed by atoms with Crippen LogP contribution in [0.5, 0.6) is 5.88 Å². The SMILES string of the molecule is CC(O)COc1cncc(Nc2cc(C3COC3)[nH]n2)n1. The van der Waals surface area contributed by atoms with Gasteiger partial charge >= 0.3 is 0 Å². The molecule has 0 saturated carbocycles. The molecular weight excluding hydrogens is 274 g/mol. The van der Waals surface area contributed by atoms with Crippen LogP contribution >= 0.6 is 0 Å². The summed E-state index contributed by atoms with van der Waals surface area (Å²) in [6.45, 7) is 3.27. The standard InChI is InChI=1S/C13H17N5O3/c1-8(19)5-21-13-4-14-3-12(16-13)15-11-2-10(17-18-11)9-6-20-7-9/h2-4,8-9,19H,5-7H2,1H3,(H2,15,16,17,18). The quantitative estimate of drug-likeness (QED) is 0.723. The number of nitrogens with zero attached hydrogens (tertiary/aromatic N) is 3. The number of ether oxygens (including phenoxy) is 2. The minimum Gasteiger partial charge on any atom is -0.474 e. The Labute approximate surface area is 121 Å². The largest absolute Gasteiger partial charge is 0.474 e. The number of H-pyrrole nitrogens is 1. The zero-order valence-electron chi connectivity index (χ0n) is 11.6. The second-order valence-electron chi connectivity index (χ2n) is 4.97. The Kier molecular flexibility index (Phi) is 3.98. The van der Waals surface area contributed by atoms with Gasteiger partial charge in [-0.3, -0.25) is 10.1 Å². The monoisotopic (exact) mass is 291 g/mol. The number of rotatable bonds is 6. The van der Waals surface area contributed by atoms with Crippen molar-refractivity contribution >= 4 is 11.6 Å². The highest BCUT2D eigenvalue weighted by molar-refractivity contribution is 5.51. The highest BCUT2D eigenvalue weighted by Gasteiger charge is 2.22. The van der Waals surface area contributed by atoms with E-state index in [1.165, 1.54) is 6.20 Å². The molecule has 0 bridgehead atoms. The zero-order chi connectivity index (χ0) is 14.7. The lowest BCUT2D eigenvalue weighted by molar-refractivity contribution is 0.00670. The van der Waals surface area contributed by atoms with Gasteiger partial charge in [-0.25, -0.2) is 0 Å². The number of nitrogens with one attached hydrogen (secondary N) is 2. The maximum atomic E-state index is 9.19. The molecule has 112 valence electrons. The predicted octanol–water partition coefficient (Wildman–Crippen LogP) is 0.817. The summed E-state index contributed by atoms with van der Waals surface area (Å²) in [7, 11) is 0. The average molecular weight is 291 g/mol. The Morgan fingerprint density at radius 1 is 1.48 bits per heavy atom. The van der Waals surface area contributed by atoms with Gasteiger partial charge in [0.15, 0.2) is 11.6 Å². The Hall–Kier alpha value is -2.19. The van der Waals surface area contributed by atoms with Gasteiger partial charge in [0.1, 0.15) is 6.61 Å². The molecule has 0 spiro atoms. The Morgan fingerprint density at radius 2 is 2.33 bits per heavy atom. The minimum absolute atomic E-state index is 0.173. The van der Waals surface area contributed by atoms with E-state index >= 15 is 0 Å². The van der Waals surface area contributed by atoms with Gasteiger partial charge in [0.25, 0.3) is 0 Å². The van der Waals surface area contributed by atoms with Crippen molar-refractivity contribution in [1.29, 1.82) is 0 Å². The normalized spacial score (nSPS) is 16.3. The summed E-state index contributed by atoms with van der Waals surface area (Å²) in [5, 5.41) is 19.4. The fraction of sp³-hybridized carbons (Fsp3) is 0.462. The second kappa shape index (κ2) is 6.06. The van der Waals surface area contributed by atoms with Crippen molar-refractivity contribution in [2.24, 2.45) is 0 Å². The summed E-state index contributed by atoms with van der Waals surface area (Å²) >= 11 is 0. The van der Waals surface area contributed by atoms with Crippen LogP contribution < -0.4 is 10.1 Å². The molecule has 0 amide bonds. The maximum Gasteiger partial charge on any atom is 0.234 e. The molecular formula is C13H17N5O3. The van der Waals surface area contributed by atoms with Crippen LogP contribution in [0.15, 0.2) is 18.5 Å². The molecule has 0 aliphatic carbocycles. The van der Waals surface area contributed by atoms with E-state index in [-0.39, 0.29) is 6.61 Å². The molecule has 1 unspecified atom stereocenters. The van der Waals surface area contributed by atoms with Gasteiger partial charge in [0.2, 0.25) is 5.88 Å². The Bertz CT molecular complexity index is 597. The molecule has 2 aromatic rings. The first-order valence-corrected chi connectivity index (χ1v) is 6.73. The van der Waals surface area contributed by atoms with Gasteiger partial charge in [-0.1, -0.05) is 0 Å². The first kappa shape index (κ1) is 13.8. The van der Waals surface area contributed by atoms with Crippen molar-refractivity contribution in [3.63, 3.8) is 0 Å². The third-order valence-corrected chi connectivity index (χ3v) is 3.02. The molecule has 3 heterocycles. The van der Waals surface area contributed by atoms with Crippen LogP contribution in [0.4, 0.5) is 11.6 Å². The van der Waals surface area contributed by atoms with E-state index in [2.05, 4.69) is 25.5 Å². The molecule has 0 aromatic carbocycles. The minimum atomic E-state index is -0.554. The summed E-state index contributed by atoms with van der Waals surface area (Å²) in [6, 6.07) is 1.93. The maximum absolute atomic E-state index is 9.19. The van der Waals surface area contributed by atoms with Crippen LogP contribution in [0.25, 0.3) is 0 Å². The Balaban J connectivity index is 1.63. The Morgan fingerprint density at radius 3 is 3.05 bits per heavy atom. The van der Waals surface area contributed by atoms with Crippen LogP contribution in [0, 0.1) is 0 Å². The van der Waals surface area contributed by atoms with Gasteiger partial charge in [-0.05, 0) is 6.92 Å². The van der Waals surface area contributed by atoms with Crippen molar-refractivity contribution in [3.8, 4) is 5.88 Å². The first-order chi connectivity index (χ1) is 10.2. The van der Waals surface area contributed by atoms with Crippen molar-refractivity contribution in [3.05, 3.63) is 24.2 Å². The third-order valence-electron chi connectivity index (χ3n) is 3.02. The fourth-order valence-corrected chi connectivity index (χ4v) is 1.84. The van der Waals surface area contributed by atoms with E-state index < -0.39 is 6.10 Å². The van der Waals surface area contributed by atoms with Crippen LogP contribution in [-0.2, 0) is 4.74 Å². The third kappa shape index (κ3) is 3.47. The van der Waals surface area contributed by atoms with Crippen LogP contribution in [0.3, 0.4) is 0 Å². The molecule has 21 heavy (non-hydrogen) atoms. The van der Waals surface area contributed by atoms with Crippen LogP contribution in [-0.4, -0.2) is 51.2 Å². The average Bonchev–Trinajstić information content (AvgIpc) is 2.83. The van der Waals surface area contributed by atoms with Crippen molar-refractivity contribution in [2.45, 2.75) is 18.9 Å². The molecule has 1 saturated heterocycles. The van der Waals surface area contributed by atoms with Gasteiger partial charge < -0.3 is 19.9 Å². The number of aromatic amines is 1. The number of aliphatic hydroxyl groups is 1. The van der Waals surface area contributed by atoms with Crippen LogP contribution in [0.2, 0.25) is 0 Å². The molecule has 3 N–H and O–H groups in total. The van der Waals surface area contributed by atoms with Crippen LogP contribution in [0.1, 0.15) is 18.5 Å². The van der Waals surface area contributed by atoms with Gasteiger partial charge in [0, 0.05) is 17.7 Å². The molecule has 1 fully saturated rings. The lowest BCUT2D eigenvalue weighted by Crippen LogP contribution is -2.25. The van der Waals surface area contributed by atoms with Crippen molar-refractivity contribution < 1.29 is 14.6 Å². The lowest BCUT2D eigenvalue weighted by atomic mass is 10.0. The summed E-state index contributed by atoms with van der Waals surface area (Å²) in [4.78, 5) is 8.28. The predicted molar refractivity (Wildman–Crippen MR) is 74.6 cm³/mol. The van der Waals surface area contributed by atoms with E-state index in [4.69, 9.17) is 9.47 Å². The summed E-state index contributed by atoms with van der Waals surface area (Å²) in [6.07, 6.45) is 2.52. The van der Waals surface area contributed by atoms with Gasteiger partial charge in [0.05, 0.1) is 31.7 Å². The molecule has 8 nitrogen and oxygen atoms in total. The summed E-state index contributed by atoms with van der Waals surface area (Å²) < 4.78 is 10.5. The molecule has 1 aliphatic heterocycles. The van der Waals surface area contributed by atoms with Gasteiger partial charge in [-0.2, -0.15) is 10.1 Å². The highest BCUT2D eigenvalue weighted by Crippen LogP contribution is 2.24. The van der Waals surface area contributed by atoms with E-state index in [1.807, 2.05) is 6.07 Å².